The van der Waals surface area contributed by atoms with Gasteiger partial charge in [-0.3, -0.25) is 0 Å². The lowest BCUT2D eigenvalue weighted by atomic mass is 10.1. The average Bonchev–Trinajstić information content (AvgIpc) is 2.90. The third kappa shape index (κ3) is 5.54. The zero-order valence-corrected chi connectivity index (χ0v) is 20.0. The van der Waals surface area contributed by atoms with Gasteiger partial charge in [0.05, 0.1) is 37.9 Å². The van der Waals surface area contributed by atoms with Crippen LogP contribution in [0.15, 0.2) is 36.7 Å². The van der Waals surface area contributed by atoms with E-state index in [1.54, 1.807) is 14.0 Å². The zero-order chi connectivity index (χ0) is 24.8. The Labute approximate surface area is 203 Å². The number of piperazine rings is 1. The van der Waals surface area contributed by atoms with Crippen molar-refractivity contribution in [1.82, 2.24) is 15.3 Å². The second-order valence-electron chi connectivity index (χ2n) is 7.98. The standard InChI is InChI=1S/C25H29F2N5O3/c1-4-16-11-22(34-3)24(27)19(23(16)26)15-35-18-13-29-25(30-14-18)31-17-5-6-20(21(12-17)33-2)32-9-7-28-8-10-32/h5-6,11-14,28H,4,7-10,15H2,1-3H3,(H,29,30,31). The van der Waals surface area contributed by atoms with E-state index in [1.165, 1.54) is 25.6 Å². The van der Waals surface area contributed by atoms with Gasteiger partial charge in [-0.2, -0.15) is 0 Å². The highest BCUT2D eigenvalue weighted by Crippen LogP contribution is 2.32. The summed E-state index contributed by atoms with van der Waals surface area (Å²) in [6.07, 6.45) is 3.29. The van der Waals surface area contributed by atoms with E-state index in [4.69, 9.17) is 14.2 Å². The molecule has 1 aliphatic heterocycles. The van der Waals surface area contributed by atoms with E-state index in [1.807, 2.05) is 18.2 Å². The number of rotatable bonds is 9. The van der Waals surface area contributed by atoms with Crippen LogP contribution < -0.4 is 29.7 Å². The highest BCUT2D eigenvalue weighted by Gasteiger charge is 2.19. The van der Waals surface area contributed by atoms with Crippen LogP contribution in [0.4, 0.5) is 26.1 Å². The summed E-state index contributed by atoms with van der Waals surface area (Å²) in [6, 6.07) is 7.20. The lowest BCUT2D eigenvalue weighted by molar-refractivity contribution is 0.285. The monoisotopic (exact) mass is 485 g/mol. The number of nitrogens with one attached hydrogen (secondary N) is 2. The summed E-state index contributed by atoms with van der Waals surface area (Å²) in [5.74, 6) is -0.0484. The average molecular weight is 486 g/mol. The quantitative estimate of drug-likeness (QED) is 0.470. The number of halogens is 2. The van der Waals surface area contributed by atoms with Crippen molar-refractivity contribution in [3.8, 4) is 17.2 Å². The molecule has 0 unspecified atom stereocenters. The van der Waals surface area contributed by atoms with E-state index < -0.39 is 11.6 Å². The molecule has 8 nitrogen and oxygen atoms in total. The predicted octanol–water partition coefficient (Wildman–Crippen LogP) is 4.07. The van der Waals surface area contributed by atoms with Crippen molar-refractivity contribution in [2.24, 2.45) is 0 Å². The second-order valence-corrected chi connectivity index (χ2v) is 7.98. The Balaban J connectivity index is 1.43. The van der Waals surface area contributed by atoms with Gasteiger partial charge in [0.15, 0.2) is 17.3 Å². The van der Waals surface area contributed by atoms with E-state index in [9.17, 15) is 8.78 Å². The molecule has 1 aromatic heterocycles. The summed E-state index contributed by atoms with van der Waals surface area (Å²) < 4.78 is 45.4. The molecule has 0 radical (unpaired) electrons. The highest BCUT2D eigenvalue weighted by molar-refractivity contribution is 5.67. The van der Waals surface area contributed by atoms with E-state index in [-0.39, 0.29) is 23.7 Å². The third-order valence-corrected chi connectivity index (χ3v) is 5.84. The van der Waals surface area contributed by atoms with Crippen LogP contribution in [-0.4, -0.2) is 50.4 Å². The van der Waals surface area contributed by atoms with Gasteiger partial charge in [0.25, 0.3) is 0 Å². The first-order chi connectivity index (χ1) is 17.0. The van der Waals surface area contributed by atoms with Crippen LogP contribution >= 0.6 is 0 Å². The van der Waals surface area contributed by atoms with Crippen molar-refractivity contribution in [1.29, 1.82) is 0 Å². The van der Waals surface area contributed by atoms with Crippen LogP contribution in [0.1, 0.15) is 18.1 Å². The first kappa shape index (κ1) is 24.5. The zero-order valence-electron chi connectivity index (χ0n) is 20.0. The van der Waals surface area contributed by atoms with Crippen molar-refractivity contribution in [3.05, 3.63) is 59.4 Å². The Bertz CT molecular complexity index is 1130. The summed E-state index contributed by atoms with van der Waals surface area (Å²) in [4.78, 5) is 10.8. The molecule has 10 heteroatoms. The number of hydrogen-bond acceptors (Lipinski definition) is 8. The molecule has 2 heterocycles. The number of ether oxygens (including phenoxy) is 3. The van der Waals surface area contributed by atoms with Crippen LogP contribution in [0.3, 0.4) is 0 Å². The SMILES string of the molecule is CCc1cc(OC)c(F)c(COc2cnc(Nc3ccc(N4CCNCC4)c(OC)c3)nc2)c1F. The topological polar surface area (TPSA) is 80.8 Å². The minimum absolute atomic E-state index is 0.0175. The van der Waals surface area contributed by atoms with Gasteiger partial charge in [0, 0.05) is 37.9 Å². The number of hydrogen-bond donors (Lipinski definition) is 2. The number of methoxy groups -OCH3 is 2. The summed E-state index contributed by atoms with van der Waals surface area (Å²) in [7, 11) is 2.99. The molecule has 2 N–H and O–H groups in total. The molecule has 0 bridgehead atoms. The van der Waals surface area contributed by atoms with Crippen LogP contribution in [-0.2, 0) is 13.0 Å². The molecule has 0 spiro atoms. The third-order valence-electron chi connectivity index (χ3n) is 5.84. The maximum Gasteiger partial charge on any atom is 0.227 e. The fourth-order valence-corrected chi connectivity index (χ4v) is 3.92. The van der Waals surface area contributed by atoms with Crippen LogP contribution in [0.2, 0.25) is 0 Å². The lowest BCUT2D eigenvalue weighted by Gasteiger charge is -2.30. The molecular weight excluding hydrogens is 456 g/mol. The summed E-state index contributed by atoms with van der Waals surface area (Å²) in [5, 5.41) is 6.47. The van der Waals surface area contributed by atoms with Gasteiger partial charge in [0.2, 0.25) is 5.95 Å². The molecular formula is C25H29F2N5O3. The van der Waals surface area contributed by atoms with Crippen LogP contribution in [0.25, 0.3) is 0 Å². The Hall–Kier alpha value is -3.66. The molecule has 0 atom stereocenters. The van der Waals surface area contributed by atoms with Gasteiger partial charge in [-0.1, -0.05) is 6.92 Å². The fraction of sp³-hybridized carbons (Fsp3) is 0.360. The van der Waals surface area contributed by atoms with E-state index in [2.05, 4.69) is 25.5 Å². The Morgan fingerprint density at radius 3 is 2.37 bits per heavy atom. The van der Waals surface area contributed by atoms with E-state index in [0.29, 0.717) is 17.9 Å². The Morgan fingerprint density at radius 2 is 1.71 bits per heavy atom. The number of anilines is 3. The number of benzene rings is 2. The molecule has 2 aromatic carbocycles. The molecule has 1 fully saturated rings. The van der Waals surface area contributed by atoms with Crippen molar-refractivity contribution >= 4 is 17.3 Å². The first-order valence-corrected chi connectivity index (χ1v) is 11.4. The van der Waals surface area contributed by atoms with Gasteiger partial charge in [0.1, 0.15) is 18.2 Å². The van der Waals surface area contributed by atoms with Gasteiger partial charge < -0.3 is 29.7 Å². The van der Waals surface area contributed by atoms with Gasteiger partial charge in [-0.15, -0.1) is 0 Å². The molecule has 3 aromatic rings. The molecule has 0 saturated carbocycles. The summed E-state index contributed by atoms with van der Waals surface area (Å²) in [6.45, 7) is 5.16. The minimum Gasteiger partial charge on any atom is -0.495 e. The van der Waals surface area contributed by atoms with Crippen LogP contribution in [0.5, 0.6) is 17.2 Å². The normalized spacial score (nSPS) is 13.5. The van der Waals surface area contributed by atoms with Gasteiger partial charge in [-0.25, -0.2) is 18.7 Å². The number of nitrogens with zero attached hydrogens (tertiary/aromatic N) is 3. The van der Waals surface area contributed by atoms with Gasteiger partial charge in [-0.05, 0) is 30.2 Å². The molecule has 1 aliphatic rings. The van der Waals surface area contributed by atoms with Crippen molar-refractivity contribution in [3.63, 3.8) is 0 Å². The largest absolute Gasteiger partial charge is 0.495 e. The van der Waals surface area contributed by atoms with Crippen molar-refractivity contribution in [2.75, 3.05) is 50.6 Å². The molecule has 0 amide bonds. The smallest absolute Gasteiger partial charge is 0.227 e. The van der Waals surface area contributed by atoms with Gasteiger partial charge >= 0.3 is 0 Å². The van der Waals surface area contributed by atoms with Crippen molar-refractivity contribution < 1.29 is 23.0 Å². The molecule has 4 rings (SSSR count). The second kappa shape index (κ2) is 11.2. The van der Waals surface area contributed by atoms with E-state index >= 15 is 0 Å². The Kier molecular flexibility index (Phi) is 7.81. The molecule has 35 heavy (non-hydrogen) atoms. The lowest BCUT2D eigenvalue weighted by Crippen LogP contribution is -2.43. The number of aromatic nitrogens is 2. The summed E-state index contributed by atoms with van der Waals surface area (Å²) >= 11 is 0. The predicted molar refractivity (Wildman–Crippen MR) is 130 cm³/mol. The fourth-order valence-electron chi connectivity index (χ4n) is 3.92. The minimum atomic E-state index is -0.778. The van der Waals surface area contributed by atoms with E-state index in [0.717, 1.165) is 43.3 Å². The number of aryl methyl sites for hydroxylation is 1. The van der Waals surface area contributed by atoms with Crippen molar-refractivity contribution in [2.45, 2.75) is 20.0 Å². The first-order valence-electron chi connectivity index (χ1n) is 11.4. The highest BCUT2D eigenvalue weighted by atomic mass is 19.1. The maximum atomic E-state index is 14.6. The van der Waals surface area contributed by atoms with Crippen LogP contribution in [0, 0.1) is 11.6 Å². The maximum absolute atomic E-state index is 14.6. The Morgan fingerprint density at radius 1 is 1.00 bits per heavy atom. The molecule has 1 saturated heterocycles. The summed E-state index contributed by atoms with van der Waals surface area (Å²) in [5.41, 5.74) is 1.96. The molecule has 0 aliphatic carbocycles. The molecule has 186 valence electrons.